The van der Waals surface area contributed by atoms with Crippen molar-refractivity contribution in [1.82, 2.24) is 5.09 Å². The summed E-state index contributed by atoms with van der Waals surface area (Å²) in [5.74, 6) is -1.82. The predicted octanol–water partition coefficient (Wildman–Crippen LogP) is 7.43. The molecule has 0 aromatic heterocycles. The number of esters is 1. The minimum Gasteiger partial charge on any atom is -0.464 e. The standard InChI is InChI=1S/C25H33ClF2NO4P/c1-3-5-10-19(11-6-4-2)18-32-25(30)24(16-20-14-21(27)17-22(28)15-20)29-34(26,31)33-23-12-8-7-9-13-23/h7-9,12-15,17,19,24H,3-6,10-11,16,18H2,1-2H3,(H,29,31)/t24-,34?/m0/s1. The number of unbranched alkanes of at least 4 members (excludes halogenated alkanes) is 2. The first kappa shape index (κ1) is 28.3. The second kappa shape index (κ2) is 14.4. The summed E-state index contributed by atoms with van der Waals surface area (Å²) in [7, 11) is 0. The van der Waals surface area contributed by atoms with E-state index in [9.17, 15) is 18.1 Å². The fraction of sp³-hybridized carbons (Fsp3) is 0.480. The molecule has 2 atom stereocenters. The van der Waals surface area contributed by atoms with E-state index < -0.39 is 30.5 Å². The molecule has 0 saturated carbocycles. The number of hydrogen-bond acceptors (Lipinski definition) is 4. The van der Waals surface area contributed by atoms with E-state index in [0.717, 1.165) is 56.7 Å². The number of ether oxygens (including phenoxy) is 1. The normalized spacial score (nSPS) is 13.9. The van der Waals surface area contributed by atoms with Crippen LogP contribution in [0, 0.1) is 17.6 Å². The average molecular weight is 516 g/mol. The molecule has 0 spiro atoms. The van der Waals surface area contributed by atoms with Crippen molar-refractivity contribution in [1.29, 1.82) is 0 Å². The van der Waals surface area contributed by atoms with Gasteiger partial charge in [-0.15, -0.1) is 0 Å². The van der Waals surface area contributed by atoms with Crippen LogP contribution in [0.4, 0.5) is 8.78 Å². The quantitative estimate of drug-likeness (QED) is 0.197. The van der Waals surface area contributed by atoms with Crippen LogP contribution in [0.1, 0.15) is 57.9 Å². The monoisotopic (exact) mass is 515 g/mol. The molecular formula is C25H33ClF2NO4P. The summed E-state index contributed by atoms with van der Waals surface area (Å²) in [4.78, 5) is 13.0. The predicted molar refractivity (Wildman–Crippen MR) is 131 cm³/mol. The molecule has 0 saturated heterocycles. The van der Waals surface area contributed by atoms with Gasteiger partial charge in [-0.05, 0) is 55.0 Å². The molecule has 2 aromatic carbocycles. The lowest BCUT2D eigenvalue weighted by Gasteiger charge is -2.23. The third-order valence-corrected chi connectivity index (χ3v) is 6.88. The molecule has 0 amide bonds. The Morgan fingerprint density at radius 3 is 2.18 bits per heavy atom. The molecule has 0 fully saturated rings. The molecule has 0 heterocycles. The van der Waals surface area contributed by atoms with E-state index in [0.29, 0.717) is 0 Å². The summed E-state index contributed by atoms with van der Waals surface area (Å²) in [5, 5.41) is 2.52. The first-order valence-electron chi connectivity index (χ1n) is 11.7. The molecule has 188 valence electrons. The number of hydrogen-bond donors (Lipinski definition) is 1. The van der Waals surface area contributed by atoms with Gasteiger partial charge < -0.3 is 9.26 Å². The van der Waals surface area contributed by atoms with Gasteiger partial charge in [0.15, 0.2) is 0 Å². The maximum absolute atomic E-state index is 13.7. The fourth-order valence-corrected chi connectivity index (χ4v) is 5.18. The average Bonchev–Trinajstić information content (AvgIpc) is 2.77. The minimum absolute atomic E-state index is 0.184. The summed E-state index contributed by atoms with van der Waals surface area (Å²) in [6, 6.07) is 9.97. The highest BCUT2D eigenvalue weighted by atomic mass is 35.7. The molecule has 0 aliphatic carbocycles. The Balaban J connectivity index is 2.15. The van der Waals surface area contributed by atoms with E-state index in [1.54, 1.807) is 30.3 Å². The van der Waals surface area contributed by atoms with Crippen LogP contribution in [0.5, 0.6) is 5.75 Å². The summed E-state index contributed by atoms with van der Waals surface area (Å²) in [5.41, 5.74) is 0.192. The number of halogens is 3. The van der Waals surface area contributed by atoms with Crippen LogP contribution in [0.15, 0.2) is 48.5 Å². The molecule has 0 aliphatic rings. The van der Waals surface area contributed by atoms with Crippen molar-refractivity contribution in [3.8, 4) is 5.75 Å². The molecule has 2 rings (SSSR count). The Morgan fingerprint density at radius 2 is 1.62 bits per heavy atom. The van der Waals surface area contributed by atoms with E-state index in [4.69, 9.17) is 20.5 Å². The number of carbonyl (C=O) groups excluding carboxylic acids is 1. The zero-order valence-electron chi connectivity index (χ0n) is 19.6. The highest BCUT2D eigenvalue weighted by Crippen LogP contribution is 2.48. The largest absolute Gasteiger partial charge is 0.464 e. The summed E-state index contributed by atoms with van der Waals surface area (Å²) >= 11 is 6.10. The molecule has 34 heavy (non-hydrogen) atoms. The molecule has 2 aromatic rings. The van der Waals surface area contributed by atoms with Gasteiger partial charge in [-0.1, -0.05) is 57.7 Å². The van der Waals surface area contributed by atoms with Gasteiger partial charge in [0.05, 0.1) is 6.61 Å². The molecular weight excluding hydrogens is 483 g/mol. The van der Waals surface area contributed by atoms with Crippen LogP contribution >= 0.6 is 18.1 Å². The Kier molecular flexibility index (Phi) is 12.0. The van der Waals surface area contributed by atoms with Crippen molar-refractivity contribution in [2.45, 2.75) is 64.8 Å². The fourth-order valence-electron chi connectivity index (χ4n) is 3.57. The third-order valence-electron chi connectivity index (χ3n) is 5.32. The van der Waals surface area contributed by atoms with Gasteiger partial charge in [0.1, 0.15) is 23.4 Å². The zero-order chi connectivity index (χ0) is 25.0. The van der Waals surface area contributed by atoms with Gasteiger partial charge >= 0.3 is 12.8 Å². The number of para-hydroxylation sites is 1. The minimum atomic E-state index is -4.03. The van der Waals surface area contributed by atoms with Crippen molar-refractivity contribution in [2.75, 3.05) is 6.61 Å². The van der Waals surface area contributed by atoms with Crippen molar-refractivity contribution < 1.29 is 27.4 Å². The second-order valence-corrected chi connectivity index (χ2v) is 11.1. The van der Waals surface area contributed by atoms with E-state index in [1.165, 1.54) is 0 Å². The van der Waals surface area contributed by atoms with Crippen LogP contribution in [0.3, 0.4) is 0 Å². The Labute approximate surface area is 205 Å². The zero-order valence-corrected chi connectivity index (χ0v) is 21.3. The van der Waals surface area contributed by atoms with Crippen LogP contribution in [-0.2, 0) is 20.5 Å². The van der Waals surface area contributed by atoms with E-state index in [2.05, 4.69) is 18.9 Å². The number of nitrogens with one attached hydrogen (secondary N) is 1. The van der Waals surface area contributed by atoms with Gasteiger partial charge in [0.2, 0.25) is 0 Å². The van der Waals surface area contributed by atoms with Crippen molar-refractivity contribution in [3.05, 3.63) is 65.7 Å². The molecule has 5 nitrogen and oxygen atoms in total. The lowest BCUT2D eigenvalue weighted by atomic mass is 9.97. The van der Waals surface area contributed by atoms with E-state index in [-0.39, 0.29) is 30.3 Å². The topological polar surface area (TPSA) is 64.6 Å². The van der Waals surface area contributed by atoms with E-state index in [1.807, 2.05) is 0 Å². The summed E-state index contributed by atoms with van der Waals surface area (Å²) in [6.07, 6.45) is 5.81. The van der Waals surface area contributed by atoms with Crippen LogP contribution in [0.2, 0.25) is 0 Å². The van der Waals surface area contributed by atoms with Gasteiger partial charge in [0, 0.05) is 17.3 Å². The number of rotatable bonds is 15. The Bertz CT molecular complexity index is 920. The lowest BCUT2D eigenvalue weighted by molar-refractivity contribution is -0.147. The SMILES string of the molecule is CCCCC(CCCC)COC(=O)[C@H](Cc1cc(F)cc(F)c1)NP(=O)(Cl)Oc1ccccc1. The summed E-state index contributed by atoms with van der Waals surface area (Å²) < 4.78 is 51.3. The van der Waals surface area contributed by atoms with Crippen LogP contribution in [-0.4, -0.2) is 18.6 Å². The molecule has 0 radical (unpaired) electrons. The van der Waals surface area contributed by atoms with Gasteiger partial charge in [-0.3, -0.25) is 4.79 Å². The van der Waals surface area contributed by atoms with Gasteiger partial charge in [-0.2, -0.15) is 0 Å². The second-order valence-electron chi connectivity index (χ2n) is 8.33. The first-order valence-corrected chi connectivity index (χ1v) is 14.2. The maximum Gasteiger partial charge on any atom is 0.409 e. The van der Waals surface area contributed by atoms with Crippen molar-refractivity contribution in [3.63, 3.8) is 0 Å². The molecule has 1 unspecified atom stereocenters. The van der Waals surface area contributed by atoms with Crippen molar-refractivity contribution in [2.24, 2.45) is 5.92 Å². The number of carbonyl (C=O) groups is 1. The number of benzene rings is 2. The van der Waals surface area contributed by atoms with Crippen LogP contribution in [0.25, 0.3) is 0 Å². The molecule has 0 aliphatic heterocycles. The first-order chi connectivity index (χ1) is 16.2. The van der Waals surface area contributed by atoms with Gasteiger partial charge in [-0.25, -0.2) is 18.4 Å². The molecule has 0 bridgehead atoms. The maximum atomic E-state index is 13.7. The van der Waals surface area contributed by atoms with Gasteiger partial charge in [0.25, 0.3) is 0 Å². The van der Waals surface area contributed by atoms with Crippen molar-refractivity contribution >= 4 is 24.1 Å². The summed E-state index contributed by atoms with van der Waals surface area (Å²) in [6.45, 7) is 0.381. The third kappa shape index (κ3) is 10.5. The van der Waals surface area contributed by atoms with Crippen LogP contribution < -0.4 is 9.61 Å². The lowest BCUT2D eigenvalue weighted by Crippen LogP contribution is -2.38. The highest BCUT2D eigenvalue weighted by Gasteiger charge is 2.32. The Hall–Kier alpha value is -1.95. The van der Waals surface area contributed by atoms with E-state index >= 15 is 0 Å². The highest BCUT2D eigenvalue weighted by molar-refractivity contribution is 7.84. The molecule has 9 heteroatoms. The smallest absolute Gasteiger partial charge is 0.409 e. The Morgan fingerprint density at radius 1 is 1.03 bits per heavy atom. The molecule has 1 N–H and O–H groups in total.